The van der Waals surface area contributed by atoms with E-state index in [0.29, 0.717) is 27.7 Å². The lowest BCUT2D eigenvalue weighted by molar-refractivity contribution is -0.123. The number of nitrogens with one attached hydrogen (secondary N) is 1. The predicted octanol–water partition coefficient (Wildman–Crippen LogP) is 5.44. The Bertz CT molecular complexity index is 1240. The molecule has 162 valence electrons. The largest absolute Gasteiger partial charge is 0.449 e. The number of carbonyl (C=O) groups is 2. The lowest BCUT2D eigenvalue weighted by Crippen LogP contribution is -2.30. The number of oxazole rings is 1. The third-order valence-electron chi connectivity index (χ3n) is 4.65. The van der Waals surface area contributed by atoms with E-state index in [4.69, 9.17) is 9.15 Å². The topological polar surface area (TPSA) is 81.4 Å². The van der Waals surface area contributed by atoms with Crippen molar-refractivity contribution in [1.82, 2.24) is 4.98 Å². The van der Waals surface area contributed by atoms with E-state index >= 15 is 0 Å². The first-order valence-electron chi connectivity index (χ1n) is 9.84. The molecule has 1 atom stereocenters. The summed E-state index contributed by atoms with van der Waals surface area (Å²) in [6, 6.07) is 20.2. The Labute approximate surface area is 187 Å². The first-order chi connectivity index (χ1) is 15.5. The summed E-state index contributed by atoms with van der Waals surface area (Å²) >= 11 is 1.35. The van der Waals surface area contributed by atoms with Gasteiger partial charge in [-0.3, -0.25) is 4.79 Å². The van der Waals surface area contributed by atoms with Gasteiger partial charge in [0.15, 0.2) is 11.7 Å². The molecule has 1 amide bonds. The second-order valence-electron chi connectivity index (χ2n) is 6.91. The van der Waals surface area contributed by atoms with Gasteiger partial charge < -0.3 is 14.5 Å². The van der Waals surface area contributed by atoms with Crippen LogP contribution >= 0.6 is 11.8 Å². The fourth-order valence-corrected chi connectivity index (χ4v) is 3.81. The predicted molar refractivity (Wildman–Crippen MR) is 120 cm³/mol. The number of amides is 1. The number of para-hydroxylation sites is 3. The van der Waals surface area contributed by atoms with E-state index in [0.717, 1.165) is 5.52 Å². The number of thioether (sulfide) groups is 1. The Morgan fingerprint density at radius 2 is 1.78 bits per heavy atom. The number of rotatable bonds is 7. The monoisotopic (exact) mass is 450 g/mol. The second-order valence-corrected chi connectivity index (χ2v) is 7.84. The van der Waals surface area contributed by atoms with Crippen molar-refractivity contribution in [2.24, 2.45) is 0 Å². The molecule has 0 aliphatic heterocycles. The maximum absolute atomic E-state index is 13.7. The molecule has 6 nitrogen and oxygen atoms in total. The van der Waals surface area contributed by atoms with Gasteiger partial charge in [0.25, 0.3) is 11.1 Å². The Balaban J connectivity index is 1.41. The highest BCUT2D eigenvalue weighted by atomic mass is 32.2. The minimum absolute atomic E-state index is 0.0236. The molecule has 3 aromatic carbocycles. The number of hydrogen-bond acceptors (Lipinski definition) is 6. The van der Waals surface area contributed by atoms with Crippen LogP contribution in [0.5, 0.6) is 0 Å². The Hall–Kier alpha value is -3.65. The normalized spacial score (nSPS) is 11.8. The van der Waals surface area contributed by atoms with Crippen LogP contribution in [0, 0.1) is 5.82 Å². The van der Waals surface area contributed by atoms with Gasteiger partial charge in [0, 0.05) is 5.75 Å². The number of ether oxygens (including phenoxy) is 1. The molecule has 0 saturated heterocycles. The van der Waals surface area contributed by atoms with E-state index in [1.807, 2.05) is 30.3 Å². The summed E-state index contributed by atoms with van der Waals surface area (Å²) in [4.78, 5) is 29.5. The zero-order valence-electron chi connectivity index (χ0n) is 17.1. The Morgan fingerprint density at radius 1 is 1.06 bits per heavy atom. The number of halogens is 1. The van der Waals surface area contributed by atoms with Gasteiger partial charge in [0.05, 0.1) is 11.3 Å². The number of carbonyl (C=O) groups excluding carboxylic acids is 2. The van der Waals surface area contributed by atoms with Crippen LogP contribution in [0.2, 0.25) is 0 Å². The summed E-state index contributed by atoms with van der Waals surface area (Å²) in [5.74, 6) is -1.41. The SMILES string of the molecule is CC(OC(=O)c1ccccc1CSc1nc2ccccc2o1)C(=O)Nc1ccccc1F. The lowest BCUT2D eigenvalue weighted by atomic mass is 10.1. The molecule has 1 N–H and O–H groups in total. The molecule has 0 saturated carbocycles. The number of fused-ring (bicyclic) bond motifs is 1. The van der Waals surface area contributed by atoms with E-state index in [1.165, 1.54) is 36.9 Å². The van der Waals surface area contributed by atoms with Crippen LogP contribution in [-0.4, -0.2) is 23.0 Å². The van der Waals surface area contributed by atoms with E-state index in [9.17, 15) is 14.0 Å². The molecule has 4 aromatic rings. The molecule has 8 heteroatoms. The van der Waals surface area contributed by atoms with Crippen LogP contribution < -0.4 is 5.32 Å². The highest BCUT2D eigenvalue weighted by Crippen LogP contribution is 2.27. The minimum Gasteiger partial charge on any atom is -0.449 e. The van der Waals surface area contributed by atoms with Gasteiger partial charge in [-0.1, -0.05) is 54.2 Å². The van der Waals surface area contributed by atoms with Crippen LogP contribution in [0.4, 0.5) is 10.1 Å². The van der Waals surface area contributed by atoms with Crippen LogP contribution in [-0.2, 0) is 15.3 Å². The molecule has 0 radical (unpaired) electrons. The zero-order chi connectivity index (χ0) is 22.5. The molecule has 32 heavy (non-hydrogen) atoms. The average Bonchev–Trinajstić information content (AvgIpc) is 3.22. The van der Waals surface area contributed by atoms with Crippen LogP contribution in [0.1, 0.15) is 22.8 Å². The number of esters is 1. The van der Waals surface area contributed by atoms with Crippen molar-refractivity contribution < 1.29 is 23.1 Å². The van der Waals surface area contributed by atoms with Gasteiger partial charge in [0.2, 0.25) is 0 Å². The van der Waals surface area contributed by atoms with Crippen molar-refractivity contribution in [1.29, 1.82) is 0 Å². The summed E-state index contributed by atoms with van der Waals surface area (Å²) in [6.07, 6.45) is -1.11. The molecular weight excluding hydrogens is 431 g/mol. The van der Waals surface area contributed by atoms with Crippen molar-refractivity contribution in [2.45, 2.75) is 24.0 Å². The van der Waals surface area contributed by atoms with Crippen molar-refractivity contribution in [3.63, 3.8) is 0 Å². The van der Waals surface area contributed by atoms with Crippen molar-refractivity contribution in [2.75, 3.05) is 5.32 Å². The summed E-state index contributed by atoms with van der Waals surface area (Å²) in [5, 5.41) is 2.92. The van der Waals surface area contributed by atoms with Gasteiger partial charge in [-0.25, -0.2) is 14.2 Å². The minimum atomic E-state index is -1.11. The summed E-state index contributed by atoms with van der Waals surface area (Å²) < 4.78 is 24.8. The van der Waals surface area contributed by atoms with E-state index < -0.39 is 23.8 Å². The molecule has 1 heterocycles. The smallest absolute Gasteiger partial charge is 0.339 e. The van der Waals surface area contributed by atoms with Gasteiger partial charge >= 0.3 is 5.97 Å². The van der Waals surface area contributed by atoms with Crippen LogP contribution in [0.3, 0.4) is 0 Å². The Kier molecular flexibility index (Phi) is 6.51. The number of benzene rings is 3. The van der Waals surface area contributed by atoms with Gasteiger partial charge in [-0.15, -0.1) is 0 Å². The zero-order valence-corrected chi connectivity index (χ0v) is 17.9. The maximum atomic E-state index is 13.7. The quantitative estimate of drug-likeness (QED) is 0.298. The summed E-state index contributed by atoms with van der Waals surface area (Å²) in [7, 11) is 0. The molecule has 0 spiro atoms. The molecule has 1 unspecified atom stereocenters. The maximum Gasteiger partial charge on any atom is 0.339 e. The molecule has 1 aromatic heterocycles. The standard InChI is InChI=1S/C24H19FN2O4S/c1-15(22(28)26-19-11-5-4-10-18(19)25)30-23(29)17-9-3-2-8-16(17)14-32-24-27-20-12-6-7-13-21(20)31-24/h2-13,15H,14H2,1H3,(H,26,28). The first kappa shape index (κ1) is 21.6. The van der Waals surface area contributed by atoms with Crippen LogP contribution in [0.25, 0.3) is 11.1 Å². The number of nitrogens with zero attached hydrogens (tertiary/aromatic N) is 1. The van der Waals surface area contributed by atoms with Gasteiger partial charge in [0.1, 0.15) is 11.3 Å². The van der Waals surface area contributed by atoms with Crippen molar-refractivity contribution in [3.8, 4) is 0 Å². The molecule has 0 aliphatic rings. The van der Waals surface area contributed by atoms with E-state index in [1.54, 1.807) is 24.3 Å². The second kappa shape index (κ2) is 9.65. The average molecular weight is 450 g/mol. The summed E-state index contributed by atoms with van der Waals surface area (Å²) in [5.41, 5.74) is 2.53. The third-order valence-corrected chi connectivity index (χ3v) is 5.52. The Morgan fingerprint density at radius 3 is 2.59 bits per heavy atom. The highest BCUT2D eigenvalue weighted by molar-refractivity contribution is 7.98. The van der Waals surface area contributed by atoms with Crippen LogP contribution in [0.15, 0.2) is 82.4 Å². The van der Waals surface area contributed by atoms with E-state index in [-0.39, 0.29) is 5.69 Å². The number of anilines is 1. The van der Waals surface area contributed by atoms with Crippen molar-refractivity contribution >= 4 is 40.4 Å². The number of hydrogen-bond donors (Lipinski definition) is 1. The molecule has 0 fully saturated rings. The fourth-order valence-electron chi connectivity index (χ4n) is 2.97. The van der Waals surface area contributed by atoms with Gasteiger partial charge in [-0.05, 0) is 42.8 Å². The summed E-state index contributed by atoms with van der Waals surface area (Å²) in [6.45, 7) is 1.43. The molecule has 0 bridgehead atoms. The third kappa shape index (κ3) is 4.97. The first-order valence-corrected chi connectivity index (χ1v) is 10.8. The molecule has 4 rings (SSSR count). The fraction of sp³-hybridized carbons (Fsp3) is 0.125. The highest BCUT2D eigenvalue weighted by Gasteiger charge is 2.22. The van der Waals surface area contributed by atoms with E-state index in [2.05, 4.69) is 10.3 Å². The number of aromatic nitrogens is 1. The molecule has 0 aliphatic carbocycles. The molecular formula is C24H19FN2O4S. The van der Waals surface area contributed by atoms with Crippen molar-refractivity contribution in [3.05, 3.63) is 89.7 Å². The lowest BCUT2D eigenvalue weighted by Gasteiger charge is -2.15. The van der Waals surface area contributed by atoms with Gasteiger partial charge in [-0.2, -0.15) is 0 Å².